The minimum atomic E-state index is 0.604. The molecule has 0 spiro atoms. The average molecular weight is 260 g/mol. The average Bonchev–Trinajstić information content (AvgIpc) is 3.02. The highest BCUT2D eigenvalue weighted by Gasteiger charge is 2.38. The van der Waals surface area contributed by atoms with Crippen LogP contribution in [-0.4, -0.2) is 29.4 Å². The van der Waals surface area contributed by atoms with Gasteiger partial charge in [-0.15, -0.1) is 0 Å². The first kappa shape index (κ1) is 11.8. The van der Waals surface area contributed by atoms with Crippen molar-refractivity contribution >= 4 is 5.82 Å². The number of rotatable bonds is 2. The topological polar surface area (TPSA) is 41.9 Å². The molecule has 19 heavy (non-hydrogen) atoms. The van der Waals surface area contributed by atoms with Crippen LogP contribution in [0.4, 0.5) is 5.82 Å². The molecular formula is C15H24N4. The van der Waals surface area contributed by atoms with E-state index in [1.165, 1.54) is 50.3 Å². The first-order valence-electron chi connectivity index (χ1n) is 7.87. The molecule has 0 amide bonds. The third-order valence-corrected chi connectivity index (χ3v) is 5.18. The van der Waals surface area contributed by atoms with E-state index in [0.717, 1.165) is 24.3 Å². The Labute approximate surface area is 115 Å². The molecule has 3 heterocycles. The van der Waals surface area contributed by atoms with Gasteiger partial charge in [-0.3, -0.25) is 0 Å². The maximum atomic E-state index is 4.95. The number of piperidine rings is 1. The van der Waals surface area contributed by atoms with Crippen molar-refractivity contribution in [1.82, 2.24) is 15.1 Å². The van der Waals surface area contributed by atoms with Gasteiger partial charge in [0, 0.05) is 18.5 Å². The van der Waals surface area contributed by atoms with Gasteiger partial charge in [0.1, 0.15) is 5.82 Å². The summed E-state index contributed by atoms with van der Waals surface area (Å²) in [6, 6.07) is 2.91. The second kappa shape index (κ2) is 4.51. The fourth-order valence-corrected chi connectivity index (χ4v) is 3.83. The zero-order chi connectivity index (χ0) is 12.8. The second-order valence-electron chi connectivity index (χ2n) is 6.61. The van der Waals surface area contributed by atoms with Gasteiger partial charge >= 0.3 is 0 Å². The zero-order valence-corrected chi connectivity index (χ0v) is 11.7. The Balaban J connectivity index is 1.60. The molecule has 2 aliphatic heterocycles. The summed E-state index contributed by atoms with van der Waals surface area (Å²) in [6.07, 6.45) is 5.22. The van der Waals surface area contributed by atoms with Gasteiger partial charge in [0.25, 0.3) is 0 Å². The van der Waals surface area contributed by atoms with Crippen LogP contribution in [0.2, 0.25) is 0 Å². The van der Waals surface area contributed by atoms with Crippen LogP contribution < -0.4 is 10.6 Å². The fraction of sp³-hybridized carbons (Fsp3) is 0.800. The minimum absolute atomic E-state index is 0.604. The van der Waals surface area contributed by atoms with Crippen molar-refractivity contribution < 1.29 is 0 Å². The van der Waals surface area contributed by atoms with Crippen molar-refractivity contribution in [3.05, 3.63) is 11.8 Å². The Kier molecular flexibility index (Phi) is 2.79. The molecule has 4 unspecified atom stereocenters. The van der Waals surface area contributed by atoms with Gasteiger partial charge in [0.15, 0.2) is 0 Å². The molecule has 104 valence electrons. The molecule has 1 saturated heterocycles. The van der Waals surface area contributed by atoms with Crippen LogP contribution in [0.3, 0.4) is 0 Å². The van der Waals surface area contributed by atoms with Gasteiger partial charge in [-0.25, -0.2) is 4.68 Å². The summed E-state index contributed by atoms with van der Waals surface area (Å²) in [5.74, 6) is 3.59. The summed E-state index contributed by atoms with van der Waals surface area (Å²) in [5, 5.41) is 12.0. The Morgan fingerprint density at radius 3 is 2.95 bits per heavy atom. The lowest BCUT2D eigenvalue weighted by Crippen LogP contribution is -2.38. The minimum Gasteiger partial charge on any atom is -0.370 e. The van der Waals surface area contributed by atoms with E-state index >= 15 is 0 Å². The maximum absolute atomic E-state index is 4.95. The van der Waals surface area contributed by atoms with E-state index in [4.69, 9.17) is 5.10 Å². The largest absolute Gasteiger partial charge is 0.370 e. The number of nitrogens with one attached hydrogen (secondary N) is 2. The van der Waals surface area contributed by atoms with Crippen LogP contribution in [0.25, 0.3) is 0 Å². The lowest BCUT2D eigenvalue weighted by atomic mass is 9.89. The first-order valence-corrected chi connectivity index (χ1v) is 7.87. The molecule has 4 rings (SSSR count). The van der Waals surface area contributed by atoms with Crippen LogP contribution in [-0.2, 0) is 0 Å². The van der Waals surface area contributed by atoms with Crippen molar-refractivity contribution in [2.24, 2.45) is 11.8 Å². The van der Waals surface area contributed by atoms with Crippen molar-refractivity contribution in [3.8, 4) is 0 Å². The van der Waals surface area contributed by atoms with Crippen LogP contribution >= 0.6 is 0 Å². The summed E-state index contributed by atoms with van der Waals surface area (Å²) in [7, 11) is 0. The van der Waals surface area contributed by atoms with Crippen molar-refractivity contribution in [2.45, 2.75) is 44.6 Å². The van der Waals surface area contributed by atoms with E-state index < -0.39 is 0 Å². The van der Waals surface area contributed by atoms with Crippen LogP contribution in [0.15, 0.2) is 6.07 Å². The van der Waals surface area contributed by atoms with E-state index in [1.54, 1.807) is 0 Å². The van der Waals surface area contributed by atoms with Crippen LogP contribution in [0.5, 0.6) is 0 Å². The summed E-state index contributed by atoms with van der Waals surface area (Å²) < 4.78 is 2.31. The molecule has 4 nitrogen and oxygen atoms in total. The van der Waals surface area contributed by atoms with Crippen LogP contribution in [0, 0.1) is 11.8 Å². The van der Waals surface area contributed by atoms with E-state index in [-0.39, 0.29) is 0 Å². The summed E-state index contributed by atoms with van der Waals surface area (Å²) in [6.45, 7) is 5.79. The molecule has 1 aromatic rings. The zero-order valence-electron chi connectivity index (χ0n) is 11.7. The van der Waals surface area contributed by atoms with Gasteiger partial charge < -0.3 is 10.6 Å². The highest BCUT2D eigenvalue weighted by Crippen LogP contribution is 2.47. The number of fused-ring (bicyclic) bond motifs is 1. The van der Waals surface area contributed by atoms with Crippen molar-refractivity contribution in [1.29, 1.82) is 0 Å². The fourth-order valence-electron chi connectivity index (χ4n) is 3.83. The molecule has 1 saturated carbocycles. The maximum Gasteiger partial charge on any atom is 0.124 e. The quantitative estimate of drug-likeness (QED) is 0.858. The Morgan fingerprint density at radius 1 is 1.32 bits per heavy atom. The molecule has 4 atom stereocenters. The van der Waals surface area contributed by atoms with Gasteiger partial charge in [-0.05, 0) is 50.6 Å². The smallest absolute Gasteiger partial charge is 0.124 e. The predicted molar refractivity (Wildman–Crippen MR) is 76.5 cm³/mol. The lowest BCUT2D eigenvalue weighted by Gasteiger charge is -2.34. The molecule has 1 aromatic heterocycles. The van der Waals surface area contributed by atoms with E-state index in [0.29, 0.717) is 6.04 Å². The third kappa shape index (κ3) is 2.06. The highest BCUT2D eigenvalue weighted by atomic mass is 15.4. The van der Waals surface area contributed by atoms with Gasteiger partial charge in [0.2, 0.25) is 0 Å². The van der Waals surface area contributed by atoms with Crippen LogP contribution in [0.1, 0.15) is 50.3 Å². The highest BCUT2D eigenvalue weighted by molar-refractivity contribution is 5.41. The lowest BCUT2D eigenvalue weighted by molar-refractivity contribution is 0.235. The summed E-state index contributed by atoms with van der Waals surface area (Å²) >= 11 is 0. The second-order valence-corrected chi connectivity index (χ2v) is 6.61. The molecule has 1 aliphatic carbocycles. The van der Waals surface area contributed by atoms with Crippen molar-refractivity contribution in [2.75, 3.05) is 25.0 Å². The van der Waals surface area contributed by atoms with Gasteiger partial charge in [-0.1, -0.05) is 6.92 Å². The number of anilines is 1. The van der Waals surface area contributed by atoms with E-state index in [1.807, 2.05) is 0 Å². The van der Waals surface area contributed by atoms with Crippen molar-refractivity contribution in [3.63, 3.8) is 0 Å². The Bertz CT molecular complexity index is 461. The SMILES string of the molecule is CC1CC1c1cc2n(n1)C(C1CCCNC1)CCN2. The molecule has 0 bridgehead atoms. The monoisotopic (exact) mass is 260 g/mol. The number of hydrogen-bond donors (Lipinski definition) is 2. The Hall–Kier alpha value is -1.03. The van der Waals surface area contributed by atoms with E-state index in [2.05, 4.69) is 28.3 Å². The molecule has 0 radical (unpaired) electrons. The normalized spacial score (nSPS) is 37.5. The number of hydrogen-bond acceptors (Lipinski definition) is 3. The third-order valence-electron chi connectivity index (χ3n) is 5.18. The molecule has 4 heteroatoms. The van der Waals surface area contributed by atoms with E-state index in [9.17, 15) is 0 Å². The molecule has 3 aliphatic rings. The Morgan fingerprint density at radius 2 is 2.21 bits per heavy atom. The first-order chi connectivity index (χ1) is 9.33. The molecule has 0 aromatic carbocycles. The van der Waals surface area contributed by atoms with Gasteiger partial charge in [0.05, 0.1) is 11.7 Å². The van der Waals surface area contributed by atoms with Gasteiger partial charge in [-0.2, -0.15) is 5.10 Å². The summed E-state index contributed by atoms with van der Waals surface area (Å²) in [5.41, 5.74) is 1.32. The predicted octanol–water partition coefficient (Wildman–Crippen LogP) is 2.36. The number of aromatic nitrogens is 2. The summed E-state index contributed by atoms with van der Waals surface area (Å²) in [4.78, 5) is 0. The number of nitrogens with zero attached hydrogens (tertiary/aromatic N) is 2. The standard InChI is InChI=1S/C15H24N4/c1-10-7-12(10)13-8-15-17-6-4-14(19(15)18-13)11-3-2-5-16-9-11/h8,10-12,14,16-17H,2-7,9H2,1H3. The molecular weight excluding hydrogens is 236 g/mol. The molecule has 2 N–H and O–H groups in total. The molecule has 2 fully saturated rings.